The Bertz CT molecular complexity index is 2560. The summed E-state index contributed by atoms with van der Waals surface area (Å²) in [7, 11) is 0. The number of ether oxygens (including phenoxy) is 2. The van der Waals surface area contributed by atoms with E-state index in [1.54, 1.807) is 36.4 Å². The van der Waals surface area contributed by atoms with Crippen LogP contribution in [0, 0.1) is 17.8 Å². The third kappa shape index (κ3) is 7.76. The lowest BCUT2D eigenvalue weighted by Crippen LogP contribution is -2.56. The third-order valence-corrected chi connectivity index (χ3v) is 12.0. The number of hydrogen-bond acceptors (Lipinski definition) is 9. The molecular formula is C51H48N4O8. The van der Waals surface area contributed by atoms with Crippen molar-refractivity contribution in [1.29, 1.82) is 0 Å². The molecule has 0 bridgehead atoms. The number of aliphatic hydroxyl groups is 2. The van der Waals surface area contributed by atoms with E-state index in [2.05, 4.69) is 29.1 Å². The number of fused-ring (bicyclic) bond motifs is 3. The van der Waals surface area contributed by atoms with E-state index >= 15 is 14.4 Å². The van der Waals surface area contributed by atoms with Crippen molar-refractivity contribution >= 4 is 29.5 Å². The summed E-state index contributed by atoms with van der Waals surface area (Å²) < 4.78 is 12.5. The van der Waals surface area contributed by atoms with Crippen molar-refractivity contribution < 1.29 is 38.9 Å². The number of carbonyl (C=O) groups excluding carboxylic acids is 4. The van der Waals surface area contributed by atoms with Crippen LogP contribution in [0.5, 0.6) is 5.75 Å². The first-order valence-corrected chi connectivity index (χ1v) is 21.0. The molecular weight excluding hydrogens is 797 g/mol. The van der Waals surface area contributed by atoms with Crippen molar-refractivity contribution in [3.8, 4) is 17.6 Å². The van der Waals surface area contributed by atoms with Crippen molar-refractivity contribution in [3.63, 3.8) is 0 Å². The van der Waals surface area contributed by atoms with Gasteiger partial charge in [0.25, 0.3) is 0 Å². The molecule has 4 N–H and O–H groups in total. The molecule has 8 rings (SSSR count). The van der Waals surface area contributed by atoms with Gasteiger partial charge in [0.1, 0.15) is 29.9 Å². The van der Waals surface area contributed by atoms with Gasteiger partial charge in [-0.25, -0.2) is 9.69 Å². The van der Waals surface area contributed by atoms with E-state index in [0.717, 1.165) is 16.0 Å². The van der Waals surface area contributed by atoms with E-state index in [0.29, 0.717) is 28.0 Å². The van der Waals surface area contributed by atoms with Crippen LogP contribution in [0.4, 0.5) is 10.5 Å². The molecule has 2 fully saturated rings. The summed E-state index contributed by atoms with van der Waals surface area (Å²) in [4.78, 5) is 64.7. The minimum Gasteiger partial charge on any atom is -0.491 e. The van der Waals surface area contributed by atoms with Crippen LogP contribution in [0.3, 0.4) is 0 Å². The van der Waals surface area contributed by atoms with Crippen LogP contribution in [0.25, 0.3) is 0 Å². The van der Waals surface area contributed by atoms with Gasteiger partial charge < -0.3 is 30.3 Å². The maximum absolute atomic E-state index is 16.3. The third-order valence-electron chi connectivity index (χ3n) is 12.0. The van der Waals surface area contributed by atoms with Crippen LogP contribution in [-0.2, 0) is 24.5 Å². The van der Waals surface area contributed by atoms with E-state index in [1.807, 2.05) is 109 Å². The van der Waals surface area contributed by atoms with Crippen LogP contribution >= 0.6 is 0 Å². The lowest BCUT2D eigenvalue weighted by Gasteiger charge is -2.46. The number of nitrogens with one attached hydrogen (secondary N) is 2. The zero-order valence-corrected chi connectivity index (χ0v) is 34.7. The molecule has 0 unspecified atom stereocenters. The fourth-order valence-electron chi connectivity index (χ4n) is 9.50. The molecule has 7 atom stereocenters. The number of cyclic esters (lactones) is 1. The fourth-order valence-corrected chi connectivity index (χ4v) is 9.50. The molecule has 5 aromatic rings. The van der Waals surface area contributed by atoms with E-state index < -0.39 is 65.4 Å². The minimum atomic E-state index is -2.00. The summed E-state index contributed by atoms with van der Waals surface area (Å²) in [6.45, 7) is 5.21. The average molecular weight is 845 g/mol. The summed E-state index contributed by atoms with van der Waals surface area (Å²) in [5.41, 5.74) is 1.75. The SMILES string of the molecule is C=CCNC(=O)[C@@H]1[C@H]2C(=O)O[C@H](c3ccccc3)[C@H](c3ccccc3)N2[C@H](c2cccc(OCCO)c2)[C@@]12C(=O)N(C(=O)N[C@H](C)c1ccccc1)c1ccc(C#CCCO)cc12. The highest BCUT2D eigenvalue weighted by Crippen LogP contribution is 2.66. The highest BCUT2D eigenvalue weighted by Gasteiger charge is 2.75. The number of urea groups is 1. The summed E-state index contributed by atoms with van der Waals surface area (Å²) in [6, 6.07) is 35.7. The van der Waals surface area contributed by atoms with Crippen LogP contribution in [0.1, 0.15) is 71.0 Å². The van der Waals surface area contributed by atoms with Gasteiger partial charge in [0.15, 0.2) is 0 Å². The lowest BCUT2D eigenvalue weighted by atomic mass is 9.65. The lowest BCUT2D eigenvalue weighted by molar-refractivity contribution is -0.178. The Kier molecular flexibility index (Phi) is 12.5. The average Bonchev–Trinajstić information content (AvgIpc) is 3.77. The number of benzene rings is 5. The van der Waals surface area contributed by atoms with E-state index in [1.165, 1.54) is 6.08 Å². The van der Waals surface area contributed by atoms with Crippen molar-refractivity contribution in [2.45, 2.75) is 49.0 Å². The fraction of sp³-hybridized carbons (Fsp3) is 0.255. The number of rotatable bonds is 12. The Morgan fingerprint density at radius 1 is 0.857 bits per heavy atom. The number of carbonyl (C=O) groups is 4. The van der Waals surface area contributed by atoms with Crippen molar-refractivity contribution in [2.24, 2.45) is 5.92 Å². The summed E-state index contributed by atoms with van der Waals surface area (Å²) >= 11 is 0. The van der Waals surface area contributed by atoms with Gasteiger partial charge in [0.2, 0.25) is 11.8 Å². The van der Waals surface area contributed by atoms with Crippen molar-refractivity contribution in [3.05, 3.63) is 179 Å². The van der Waals surface area contributed by atoms with Gasteiger partial charge in [-0.2, -0.15) is 0 Å². The second kappa shape index (κ2) is 18.5. The first kappa shape index (κ1) is 42.6. The molecule has 3 aliphatic rings. The number of morpholine rings is 1. The first-order valence-electron chi connectivity index (χ1n) is 21.0. The van der Waals surface area contributed by atoms with E-state index in [9.17, 15) is 15.0 Å². The topological polar surface area (TPSA) is 158 Å². The first-order chi connectivity index (χ1) is 30.7. The predicted molar refractivity (Wildman–Crippen MR) is 236 cm³/mol. The minimum absolute atomic E-state index is 0.0155. The number of amides is 4. The predicted octanol–water partition coefficient (Wildman–Crippen LogP) is 6.23. The normalized spacial score (nSPS) is 22.8. The zero-order chi connectivity index (χ0) is 44.1. The van der Waals surface area contributed by atoms with Crippen molar-refractivity contribution in [1.82, 2.24) is 15.5 Å². The molecule has 320 valence electrons. The summed E-state index contributed by atoms with van der Waals surface area (Å²) in [6.07, 6.45) is 0.793. The molecule has 12 nitrogen and oxygen atoms in total. The standard InChI is InChI=1S/C51H48N4O8/c1-3-27-52-47(58)42-44-48(59)63-45(37-21-11-6-12-22-37)43(36-19-9-5-10-20-36)55(44)46(38-23-15-24-39(32-38)62-30-29-57)51(42)40-31-34(16-13-14-28-56)25-26-41(40)54(49(51)60)50(61)53-33(2)35-17-7-4-8-18-35/h3-12,15,17-26,31-33,42-46,56-57H,1,14,27-30H2,2H3,(H,52,58)(H,53,61)/t33-,42+,43+,44+,45-,46-,51+/m1/s1. The molecule has 0 aliphatic carbocycles. The van der Waals surface area contributed by atoms with Gasteiger partial charge in [-0.1, -0.05) is 121 Å². The largest absolute Gasteiger partial charge is 0.491 e. The Morgan fingerprint density at radius 2 is 1.54 bits per heavy atom. The molecule has 0 saturated carbocycles. The van der Waals surface area contributed by atoms with Gasteiger partial charge in [-0.15, -0.1) is 6.58 Å². The van der Waals surface area contributed by atoms with Crippen LogP contribution in [0.2, 0.25) is 0 Å². The molecule has 5 aromatic carbocycles. The number of anilines is 1. The van der Waals surface area contributed by atoms with E-state index in [-0.39, 0.29) is 38.5 Å². The Labute approximate surface area is 366 Å². The molecule has 0 aromatic heterocycles. The molecule has 12 heteroatoms. The molecule has 4 amide bonds. The maximum Gasteiger partial charge on any atom is 0.329 e. The number of nitrogens with zero attached hydrogens (tertiary/aromatic N) is 2. The highest BCUT2D eigenvalue weighted by atomic mass is 16.6. The zero-order valence-electron chi connectivity index (χ0n) is 34.7. The second-order valence-corrected chi connectivity index (χ2v) is 15.7. The van der Waals surface area contributed by atoms with Crippen molar-refractivity contribution in [2.75, 3.05) is 31.3 Å². The van der Waals surface area contributed by atoms with Gasteiger partial charge in [-0.3, -0.25) is 19.3 Å². The van der Waals surface area contributed by atoms with E-state index in [4.69, 9.17) is 9.47 Å². The molecule has 3 aliphatic heterocycles. The molecule has 3 heterocycles. The Morgan fingerprint density at radius 3 is 2.22 bits per heavy atom. The Balaban J connectivity index is 1.45. The summed E-state index contributed by atoms with van der Waals surface area (Å²) in [5.74, 6) is 2.86. The molecule has 2 saturated heterocycles. The van der Waals surface area contributed by atoms with Gasteiger partial charge in [-0.05, 0) is 65.1 Å². The molecule has 63 heavy (non-hydrogen) atoms. The number of hydrogen-bond donors (Lipinski definition) is 4. The smallest absolute Gasteiger partial charge is 0.329 e. The van der Waals surface area contributed by atoms with Gasteiger partial charge in [0.05, 0.1) is 42.9 Å². The van der Waals surface area contributed by atoms with Gasteiger partial charge >= 0.3 is 12.0 Å². The van der Waals surface area contributed by atoms with Gasteiger partial charge in [0, 0.05) is 18.5 Å². The Hall–Kier alpha value is -7.04. The quantitative estimate of drug-likeness (QED) is 0.0650. The summed E-state index contributed by atoms with van der Waals surface area (Å²) in [5, 5.41) is 25.3. The van der Waals surface area contributed by atoms with Crippen LogP contribution < -0.4 is 20.3 Å². The van der Waals surface area contributed by atoms with Crippen LogP contribution in [0.15, 0.2) is 146 Å². The molecule has 0 radical (unpaired) electrons. The second-order valence-electron chi connectivity index (χ2n) is 15.7. The number of aliphatic hydroxyl groups excluding tert-OH is 2. The highest BCUT2D eigenvalue weighted by molar-refractivity contribution is 6.24. The maximum atomic E-state index is 16.3. The number of imide groups is 1. The monoisotopic (exact) mass is 844 g/mol. The number of esters is 1. The molecule has 1 spiro atoms. The van der Waals surface area contributed by atoms with Crippen LogP contribution in [-0.4, -0.2) is 71.3 Å².